The summed E-state index contributed by atoms with van der Waals surface area (Å²) in [5.41, 5.74) is 0.671. The first-order valence-corrected chi connectivity index (χ1v) is 5.56. The number of benzene rings is 1. The largest absolute Gasteiger partial charge is 0.522 e. The highest BCUT2D eigenvalue weighted by Crippen LogP contribution is 2.26. The number of hydrogen-bond donors (Lipinski definition) is 0. The molecule has 0 saturated carbocycles. The predicted molar refractivity (Wildman–Crippen MR) is 60.1 cm³/mol. The average Bonchev–Trinajstić information content (AvgIpc) is 2.33. The molecule has 18 heavy (non-hydrogen) atoms. The zero-order chi connectivity index (χ0) is 13.6. The molecule has 1 aromatic rings. The molecule has 0 fully saturated rings. The fourth-order valence-electron chi connectivity index (χ4n) is 1.22. The maximum Gasteiger partial charge on any atom is 0.522 e. The van der Waals surface area contributed by atoms with Crippen LogP contribution in [0.5, 0.6) is 11.5 Å². The minimum Gasteiger partial charge on any atom is -0.497 e. The molecule has 7 heteroatoms. The summed E-state index contributed by atoms with van der Waals surface area (Å²) in [7, 11) is 1.48. The first-order valence-electron chi connectivity index (χ1n) is 5.02. The minimum absolute atomic E-state index is 0.194. The third-order valence-electron chi connectivity index (χ3n) is 2.02. The summed E-state index contributed by atoms with van der Waals surface area (Å²) in [4.78, 5) is 0. The summed E-state index contributed by atoms with van der Waals surface area (Å²) in [6.07, 6.45) is -4.65. The molecule has 0 atom stereocenters. The smallest absolute Gasteiger partial charge is 0.497 e. The van der Waals surface area contributed by atoms with E-state index in [9.17, 15) is 13.2 Å². The van der Waals surface area contributed by atoms with Gasteiger partial charge in [-0.1, -0.05) is 6.07 Å². The average molecular weight is 285 g/mol. The summed E-state index contributed by atoms with van der Waals surface area (Å²) < 4.78 is 48.9. The highest BCUT2D eigenvalue weighted by Gasteiger charge is 2.28. The summed E-state index contributed by atoms with van der Waals surface area (Å²) >= 11 is 5.68. The summed E-state index contributed by atoms with van der Waals surface area (Å²) in [6, 6.07) is 4.94. The molecule has 0 saturated heterocycles. The number of alkyl halides is 4. The van der Waals surface area contributed by atoms with Crippen LogP contribution < -0.4 is 9.47 Å². The number of rotatable bonds is 6. The van der Waals surface area contributed by atoms with Crippen molar-refractivity contribution in [3.8, 4) is 11.5 Å². The predicted octanol–water partition coefficient (Wildman–Crippen LogP) is 3.35. The number of hydrogen-bond acceptors (Lipinski definition) is 3. The Bertz CT molecular complexity index is 382. The maximum atomic E-state index is 11.7. The van der Waals surface area contributed by atoms with Gasteiger partial charge < -0.3 is 9.47 Å². The summed E-state index contributed by atoms with van der Waals surface area (Å²) in [6.45, 7) is -0.807. The normalized spacial score (nSPS) is 11.4. The second kappa shape index (κ2) is 6.70. The maximum absolute atomic E-state index is 11.7. The van der Waals surface area contributed by atoms with Gasteiger partial charge in [-0.05, 0) is 6.07 Å². The van der Waals surface area contributed by atoms with E-state index in [2.05, 4.69) is 4.74 Å². The molecule has 0 bridgehead atoms. The van der Waals surface area contributed by atoms with Crippen LogP contribution in [0, 0.1) is 0 Å². The van der Waals surface area contributed by atoms with E-state index in [1.807, 2.05) is 0 Å². The standard InChI is InChI=1S/C11H12ClF3O3/c1-16-9-3-2-8(7-12)10(6-9)17-4-5-18-11(13,14)15/h2-3,6H,4-5,7H2,1H3. The van der Waals surface area contributed by atoms with E-state index < -0.39 is 13.0 Å². The van der Waals surface area contributed by atoms with E-state index in [-0.39, 0.29) is 12.5 Å². The van der Waals surface area contributed by atoms with Gasteiger partial charge in [0.2, 0.25) is 0 Å². The van der Waals surface area contributed by atoms with Crippen molar-refractivity contribution in [1.82, 2.24) is 0 Å². The molecule has 0 amide bonds. The van der Waals surface area contributed by atoms with Gasteiger partial charge in [-0.25, -0.2) is 0 Å². The van der Waals surface area contributed by atoms with Crippen LogP contribution in [-0.4, -0.2) is 26.7 Å². The quantitative estimate of drug-likeness (QED) is 0.592. The minimum atomic E-state index is -4.65. The Morgan fingerprint density at radius 3 is 2.50 bits per heavy atom. The van der Waals surface area contributed by atoms with Gasteiger partial charge in [0, 0.05) is 11.6 Å². The highest BCUT2D eigenvalue weighted by molar-refractivity contribution is 6.17. The number of halogens is 4. The number of ether oxygens (including phenoxy) is 3. The Kier molecular flexibility index (Phi) is 5.55. The van der Waals surface area contributed by atoms with Crippen LogP contribution in [0.25, 0.3) is 0 Å². The molecule has 102 valence electrons. The van der Waals surface area contributed by atoms with Crippen LogP contribution in [0.4, 0.5) is 13.2 Å². The van der Waals surface area contributed by atoms with Gasteiger partial charge in [0.05, 0.1) is 19.6 Å². The molecule has 0 radical (unpaired) electrons. The molecule has 0 heterocycles. The first-order chi connectivity index (χ1) is 8.46. The Morgan fingerprint density at radius 1 is 1.22 bits per heavy atom. The van der Waals surface area contributed by atoms with Crippen molar-refractivity contribution in [2.45, 2.75) is 12.2 Å². The molecule has 0 aliphatic rings. The Morgan fingerprint density at radius 2 is 1.94 bits per heavy atom. The summed E-state index contributed by atoms with van der Waals surface area (Å²) in [5.74, 6) is 1.12. The SMILES string of the molecule is COc1ccc(CCl)c(OCCOC(F)(F)F)c1. The van der Waals surface area contributed by atoms with E-state index in [0.29, 0.717) is 17.1 Å². The van der Waals surface area contributed by atoms with Crippen molar-refractivity contribution >= 4 is 11.6 Å². The van der Waals surface area contributed by atoms with Gasteiger partial charge in [-0.2, -0.15) is 0 Å². The molecule has 3 nitrogen and oxygen atoms in total. The van der Waals surface area contributed by atoms with Crippen LogP contribution in [0.15, 0.2) is 18.2 Å². The first kappa shape index (κ1) is 14.9. The van der Waals surface area contributed by atoms with E-state index in [1.54, 1.807) is 18.2 Å². The van der Waals surface area contributed by atoms with Crippen molar-refractivity contribution < 1.29 is 27.4 Å². The van der Waals surface area contributed by atoms with Crippen LogP contribution in [0.2, 0.25) is 0 Å². The van der Waals surface area contributed by atoms with E-state index in [1.165, 1.54) is 7.11 Å². The monoisotopic (exact) mass is 284 g/mol. The number of methoxy groups -OCH3 is 1. The lowest BCUT2D eigenvalue weighted by atomic mass is 10.2. The Balaban J connectivity index is 2.54. The second-order valence-electron chi connectivity index (χ2n) is 3.25. The highest BCUT2D eigenvalue weighted by atomic mass is 35.5. The molecule has 0 aliphatic carbocycles. The van der Waals surface area contributed by atoms with Gasteiger partial charge in [0.15, 0.2) is 0 Å². The molecular weight excluding hydrogens is 273 g/mol. The van der Waals surface area contributed by atoms with E-state index >= 15 is 0 Å². The van der Waals surface area contributed by atoms with Crippen molar-refractivity contribution in [1.29, 1.82) is 0 Å². The fraction of sp³-hybridized carbons (Fsp3) is 0.455. The lowest BCUT2D eigenvalue weighted by Crippen LogP contribution is -2.18. The van der Waals surface area contributed by atoms with Gasteiger partial charge in [0.1, 0.15) is 18.1 Å². The second-order valence-corrected chi connectivity index (χ2v) is 3.52. The van der Waals surface area contributed by atoms with Crippen LogP contribution in [0.3, 0.4) is 0 Å². The molecular formula is C11H12ClF3O3. The molecule has 0 spiro atoms. The zero-order valence-corrected chi connectivity index (χ0v) is 10.3. The van der Waals surface area contributed by atoms with Crippen LogP contribution >= 0.6 is 11.6 Å². The molecule has 1 aromatic carbocycles. The van der Waals surface area contributed by atoms with Crippen LogP contribution in [-0.2, 0) is 10.6 Å². The Hall–Kier alpha value is -1.14. The molecule has 1 rings (SSSR count). The zero-order valence-electron chi connectivity index (χ0n) is 9.59. The topological polar surface area (TPSA) is 27.7 Å². The van der Waals surface area contributed by atoms with Crippen molar-refractivity contribution in [3.05, 3.63) is 23.8 Å². The lowest BCUT2D eigenvalue weighted by molar-refractivity contribution is -0.325. The van der Waals surface area contributed by atoms with Gasteiger partial charge in [0.25, 0.3) is 0 Å². The third-order valence-corrected chi connectivity index (χ3v) is 2.31. The lowest BCUT2D eigenvalue weighted by Gasteiger charge is -2.12. The van der Waals surface area contributed by atoms with Crippen molar-refractivity contribution in [2.75, 3.05) is 20.3 Å². The van der Waals surface area contributed by atoms with Crippen molar-refractivity contribution in [2.24, 2.45) is 0 Å². The van der Waals surface area contributed by atoms with Crippen LogP contribution in [0.1, 0.15) is 5.56 Å². The van der Waals surface area contributed by atoms with E-state index in [0.717, 1.165) is 0 Å². The van der Waals surface area contributed by atoms with Gasteiger partial charge in [-0.15, -0.1) is 24.8 Å². The Labute approximate surface area is 107 Å². The molecule has 0 N–H and O–H groups in total. The molecule has 0 aliphatic heterocycles. The molecule has 0 aromatic heterocycles. The third kappa shape index (κ3) is 5.01. The summed E-state index contributed by atoms with van der Waals surface area (Å²) in [5, 5.41) is 0. The van der Waals surface area contributed by atoms with E-state index in [4.69, 9.17) is 21.1 Å². The molecule has 0 unspecified atom stereocenters. The fourth-order valence-corrected chi connectivity index (χ4v) is 1.44. The van der Waals surface area contributed by atoms with Gasteiger partial charge >= 0.3 is 6.36 Å². The van der Waals surface area contributed by atoms with Gasteiger partial charge in [-0.3, -0.25) is 4.74 Å². The van der Waals surface area contributed by atoms with Crippen molar-refractivity contribution in [3.63, 3.8) is 0 Å².